The van der Waals surface area contributed by atoms with Crippen molar-refractivity contribution in [3.63, 3.8) is 0 Å². The van der Waals surface area contributed by atoms with Crippen LogP contribution in [0.15, 0.2) is 35.1 Å². The van der Waals surface area contributed by atoms with E-state index in [0.717, 1.165) is 11.3 Å². The lowest BCUT2D eigenvalue weighted by molar-refractivity contribution is 0.341. The molecule has 1 heterocycles. The van der Waals surface area contributed by atoms with Crippen molar-refractivity contribution in [3.05, 3.63) is 46.5 Å². The van der Waals surface area contributed by atoms with Crippen LogP contribution in [0.3, 0.4) is 0 Å². The Labute approximate surface area is 112 Å². The van der Waals surface area contributed by atoms with E-state index in [4.69, 9.17) is 4.74 Å². The zero-order chi connectivity index (χ0) is 13.8. The highest BCUT2D eigenvalue weighted by atomic mass is 16.5. The van der Waals surface area contributed by atoms with Crippen molar-refractivity contribution < 1.29 is 4.74 Å². The molecule has 0 radical (unpaired) electrons. The SMILES string of the molecule is CCOc1ccccc1-c1cc(=O)[nH]c(C(C)C)n1. The van der Waals surface area contributed by atoms with Gasteiger partial charge in [0.25, 0.3) is 5.56 Å². The van der Waals surface area contributed by atoms with E-state index in [2.05, 4.69) is 9.97 Å². The predicted octanol–water partition coefficient (Wildman–Crippen LogP) is 2.96. The fourth-order valence-corrected chi connectivity index (χ4v) is 1.85. The lowest BCUT2D eigenvalue weighted by atomic mass is 10.1. The predicted molar refractivity (Wildman–Crippen MR) is 75.6 cm³/mol. The summed E-state index contributed by atoms with van der Waals surface area (Å²) in [6.07, 6.45) is 0. The minimum absolute atomic E-state index is 0.139. The second-order valence-electron chi connectivity index (χ2n) is 4.60. The third-order valence-corrected chi connectivity index (χ3v) is 2.77. The first-order valence-electron chi connectivity index (χ1n) is 6.45. The smallest absolute Gasteiger partial charge is 0.251 e. The molecule has 4 heteroatoms. The molecule has 100 valence electrons. The number of aromatic nitrogens is 2. The second-order valence-corrected chi connectivity index (χ2v) is 4.60. The molecule has 1 N–H and O–H groups in total. The molecule has 0 bridgehead atoms. The fourth-order valence-electron chi connectivity index (χ4n) is 1.85. The third-order valence-electron chi connectivity index (χ3n) is 2.77. The van der Waals surface area contributed by atoms with Gasteiger partial charge in [-0.05, 0) is 19.1 Å². The summed E-state index contributed by atoms with van der Waals surface area (Å²) in [4.78, 5) is 19.0. The summed E-state index contributed by atoms with van der Waals surface area (Å²) in [5, 5.41) is 0. The summed E-state index contributed by atoms with van der Waals surface area (Å²) < 4.78 is 5.58. The van der Waals surface area contributed by atoms with Crippen LogP contribution in [0.25, 0.3) is 11.3 Å². The third kappa shape index (κ3) is 3.02. The minimum Gasteiger partial charge on any atom is -0.493 e. The van der Waals surface area contributed by atoms with Gasteiger partial charge in [-0.2, -0.15) is 0 Å². The van der Waals surface area contributed by atoms with E-state index in [0.29, 0.717) is 18.1 Å². The lowest BCUT2D eigenvalue weighted by Gasteiger charge is -2.11. The molecule has 0 unspecified atom stereocenters. The topological polar surface area (TPSA) is 55.0 Å². The van der Waals surface area contributed by atoms with E-state index in [1.807, 2.05) is 45.0 Å². The molecule has 0 aliphatic carbocycles. The molecule has 0 saturated heterocycles. The minimum atomic E-state index is -0.139. The van der Waals surface area contributed by atoms with E-state index in [1.54, 1.807) is 0 Å². The van der Waals surface area contributed by atoms with E-state index in [-0.39, 0.29) is 11.5 Å². The van der Waals surface area contributed by atoms with E-state index in [9.17, 15) is 4.79 Å². The first-order valence-corrected chi connectivity index (χ1v) is 6.45. The van der Waals surface area contributed by atoms with Crippen LogP contribution in [-0.4, -0.2) is 16.6 Å². The van der Waals surface area contributed by atoms with Gasteiger partial charge in [0.1, 0.15) is 11.6 Å². The van der Waals surface area contributed by atoms with Crippen molar-refractivity contribution in [1.82, 2.24) is 9.97 Å². The Morgan fingerprint density at radius 1 is 1.32 bits per heavy atom. The van der Waals surface area contributed by atoms with E-state index >= 15 is 0 Å². The molecular weight excluding hydrogens is 240 g/mol. The first-order chi connectivity index (χ1) is 9.11. The highest BCUT2D eigenvalue weighted by molar-refractivity contribution is 5.66. The number of para-hydroxylation sites is 1. The fraction of sp³-hybridized carbons (Fsp3) is 0.333. The number of rotatable bonds is 4. The molecule has 2 aromatic rings. The summed E-state index contributed by atoms with van der Waals surface area (Å²) >= 11 is 0. The monoisotopic (exact) mass is 258 g/mol. The zero-order valence-corrected chi connectivity index (χ0v) is 11.4. The maximum Gasteiger partial charge on any atom is 0.251 e. The van der Waals surface area contributed by atoms with Gasteiger partial charge in [-0.15, -0.1) is 0 Å². The van der Waals surface area contributed by atoms with Crippen LogP contribution in [0, 0.1) is 0 Å². The van der Waals surface area contributed by atoms with Crippen LogP contribution >= 0.6 is 0 Å². The average Bonchev–Trinajstić information content (AvgIpc) is 2.39. The summed E-state index contributed by atoms with van der Waals surface area (Å²) in [6, 6.07) is 9.12. The van der Waals surface area contributed by atoms with Gasteiger partial charge < -0.3 is 9.72 Å². The van der Waals surface area contributed by atoms with Crippen LogP contribution in [0.1, 0.15) is 32.5 Å². The van der Waals surface area contributed by atoms with Gasteiger partial charge in [-0.25, -0.2) is 4.98 Å². The maximum absolute atomic E-state index is 11.7. The molecular formula is C15H18N2O2. The molecule has 0 amide bonds. The number of nitrogens with zero attached hydrogens (tertiary/aromatic N) is 1. The lowest BCUT2D eigenvalue weighted by Crippen LogP contribution is -2.12. The summed E-state index contributed by atoms with van der Waals surface area (Å²) in [5.41, 5.74) is 1.36. The molecule has 0 fully saturated rings. The second kappa shape index (κ2) is 5.69. The quantitative estimate of drug-likeness (QED) is 0.917. The number of nitrogens with one attached hydrogen (secondary N) is 1. The first kappa shape index (κ1) is 13.3. The van der Waals surface area contributed by atoms with Crippen LogP contribution in [-0.2, 0) is 0 Å². The van der Waals surface area contributed by atoms with Crippen molar-refractivity contribution in [3.8, 4) is 17.0 Å². The van der Waals surface area contributed by atoms with Crippen molar-refractivity contribution in [2.75, 3.05) is 6.61 Å². The van der Waals surface area contributed by atoms with Gasteiger partial charge >= 0.3 is 0 Å². The Hall–Kier alpha value is -2.10. The summed E-state index contributed by atoms with van der Waals surface area (Å²) in [7, 11) is 0. The molecule has 2 rings (SSSR count). The Balaban J connectivity index is 2.55. The zero-order valence-electron chi connectivity index (χ0n) is 11.4. The molecule has 0 aliphatic rings. The van der Waals surface area contributed by atoms with Crippen molar-refractivity contribution in [1.29, 1.82) is 0 Å². The van der Waals surface area contributed by atoms with Gasteiger partial charge in [0, 0.05) is 17.5 Å². The van der Waals surface area contributed by atoms with Gasteiger partial charge in [-0.1, -0.05) is 26.0 Å². The largest absolute Gasteiger partial charge is 0.493 e. The number of hydrogen-bond acceptors (Lipinski definition) is 3. The molecule has 0 saturated carbocycles. The Morgan fingerprint density at radius 3 is 2.74 bits per heavy atom. The Bertz CT molecular complexity index is 618. The normalized spacial score (nSPS) is 10.7. The van der Waals surface area contributed by atoms with Gasteiger partial charge in [-0.3, -0.25) is 4.79 Å². The molecule has 0 spiro atoms. The van der Waals surface area contributed by atoms with Crippen LogP contribution in [0.5, 0.6) is 5.75 Å². The summed E-state index contributed by atoms with van der Waals surface area (Å²) in [5.74, 6) is 1.61. The van der Waals surface area contributed by atoms with Crippen LogP contribution < -0.4 is 10.3 Å². The Morgan fingerprint density at radius 2 is 2.05 bits per heavy atom. The highest BCUT2D eigenvalue weighted by Gasteiger charge is 2.10. The summed E-state index contributed by atoms with van der Waals surface area (Å²) in [6.45, 7) is 6.51. The van der Waals surface area contributed by atoms with E-state index < -0.39 is 0 Å². The number of aromatic amines is 1. The molecule has 19 heavy (non-hydrogen) atoms. The van der Waals surface area contributed by atoms with Gasteiger partial charge in [0.05, 0.1) is 12.3 Å². The Kier molecular flexibility index (Phi) is 4.00. The highest BCUT2D eigenvalue weighted by Crippen LogP contribution is 2.28. The standard InChI is InChI=1S/C15H18N2O2/c1-4-19-13-8-6-5-7-11(13)12-9-14(18)17-15(16-12)10(2)3/h5-10H,4H2,1-3H3,(H,16,17,18). The van der Waals surface area contributed by atoms with Crippen molar-refractivity contribution in [2.45, 2.75) is 26.7 Å². The van der Waals surface area contributed by atoms with Gasteiger partial charge in [0.15, 0.2) is 0 Å². The number of H-pyrrole nitrogens is 1. The van der Waals surface area contributed by atoms with Crippen molar-refractivity contribution in [2.24, 2.45) is 0 Å². The molecule has 0 aliphatic heterocycles. The molecule has 0 atom stereocenters. The van der Waals surface area contributed by atoms with Gasteiger partial charge in [0.2, 0.25) is 0 Å². The van der Waals surface area contributed by atoms with Crippen LogP contribution in [0.2, 0.25) is 0 Å². The van der Waals surface area contributed by atoms with Crippen LogP contribution in [0.4, 0.5) is 0 Å². The maximum atomic E-state index is 11.7. The number of ether oxygens (including phenoxy) is 1. The molecule has 4 nitrogen and oxygen atoms in total. The molecule has 1 aromatic heterocycles. The average molecular weight is 258 g/mol. The number of benzene rings is 1. The molecule has 1 aromatic carbocycles. The number of hydrogen-bond donors (Lipinski definition) is 1. The van der Waals surface area contributed by atoms with Crippen molar-refractivity contribution >= 4 is 0 Å². The van der Waals surface area contributed by atoms with E-state index in [1.165, 1.54) is 6.07 Å².